The summed E-state index contributed by atoms with van der Waals surface area (Å²) in [5.74, 6) is -0.468. The Labute approximate surface area is 91.0 Å². The Hall–Kier alpha value is -1.55. The molecule has 2 aromatic heterocycles. The van der Waals surface area contributed by atoms with Crippen molar-refractivity contribution >= 4 is 11.6 Å². The van der Waals surface area contributed by atoms with Crippen molar-refractivity contribution in [2.45, 2.75) is 6.42 Å². The summed E-state index contributed by atoms with van der Waals surface area (Å²) in [6.45, 7) is 0. The van der Waals surface area contributed by atoms with Gasteiger partial charge in [0.05, 0.1) is 11.9 Å². The highest BCUT2D eigenvalue weighted by Gasteiger charge is 2.07. The largest absolute Gasteiger partial charge is 0.261 e. The van der Waals surface area contributed by atoms with E-state index in [2.05, 4.69) is 15.0 Å². The standard InChI is InChI=1S/C10H7ClFN3/c11-10-14-6-8(12)9(15-10)5-7-3-1-2-4-13-7/h1-4,6H,5H2. The zero-order chi connectivity index (χ0) is 10.7. The lowest BCUT2D eigenvalue weighted by molar-refractivity contribution is 0.594. The molecule has 0 fully saturated rings. The summed E-state index contributed by atoms with van der Waals surface area (Å²) < 4.78 is 13.2. The first-order valence-electron chi connectivity index (χ1n) is 4.32. The molecule has 0 N–H and O–H groups in total. The van der Waals surface area contributed by atoms with Crippen molar-refractivity contribution in [1.82, 2.24) is 15.0 Å². The third-order valence-corrected chi connectivity index (χ3v) is 2.04. The molecular formula is C10H7ClFN3. The molecule has 2 heterocycles. The summed E-state index contributed by atoms with van der Waals surface area (Å²) >= 11 is 5.57. The molecule has 0 radical (unpaired) electrons. The minimum absolute atomic E-state index is 0.0438. The highest BCUT2D eigenvalue weighted by Crippen LogP contribution is 2.10. The first-order valence-corrected chi connectivity index (χ1v) is 4.70. The van der Waals surface area contributed by atoms with E-state index in [0.717, 1.165) is 11.9 Å². The summed E-state index contributed by atoms with van der Waals surface area (Å²) in [5, 5.41) is 0.0438. The number of nitrogens with zero attached hydrogens (tertiary/aromatic N) is 3. The highest BCUT2D eigenvalue weighted by molar-refractivity contribution is 6.28. The second-order valence-corrected chi connectivity index (χ2v) is 3.27. The molecule has 0 bridgehead atoms. The molecule has 0 saturated heterocycles. The second-order valence-electron chi connectivity index (χ2n) is 2.93. The molecule has 0 spiro atoms. The quantitative estimate of drug-likeness (QED) is 0.733. The lowest BCUT2D eigenvalue weighted by atomic mass is 10.2. The zero-order valence-electron chi connectivity index (χ0n) is 7.69. The van der Waals surface area contributed by atoms with Gasteiger partial charge in [0.2, 0.25) is 5.28 Å². The van der Waals surface area contributed by atoms with E-state index in [1.807, 2.05) is 6.07 Å². The maximum atomic E-state index is 13.2. The van der Waals surface area contributed by atoms with E-state index in [4.69, 9.17) is 11.6 Å². The van der Waals surface area contributed by atoms with Crippen molar-refractivity contribution in [2.75, 3.05) is 0 Å². The van der Waals surface area contributed by atoms with Gasteiger partial charge in [-0.15, -0.1) is 0 Å². The predicted molar refractivity (Wildman–Crippen MR) is 54.0 cm³/mol. The van der Waals surface area contributed by atoms with Crippen molar-refractivity contribution in [1.29, 1.82) is 0 Å². The van der Waals surface area contributed by atoms with Crippen molar-refractivity contribution in [3.05, 3.63) is 53.1 Å². The van der Waals surface area contributed by atoms with Crippen LogP contribution < -0.4 is 0 Å². The van der Waals surface area contributed by atoms with Crippen LogP contribution in [0.4, 0.5) is 4.39 Å². The summed E-state index contributed by atoms with van der Waals surface area (Å²) in [4.78, 5) is 11.4. The maximum absolute atomic E-state index is 13.2. The van der Waals surface area contributed by atoms with Gasteiger partial charge in [0.25, 0.3) is 0 Å². The van der Waals surface area contributed by atoms with Gasteiger partial charge in [0.1, 0.15) is 0 Å². The molecule has 0 aromatic carbocycles. The number of halogens is 2. The Kier molecular flexibility index (Phi) is 2.87. The van der Waals surface area contributed by atoms with Crippen LogP contribution in [0.15, 0.2) is 30.6 Å². The number of aromatic nitrogens is 3. The molecule has 2 aromatic rings. The number of pyridine rings is 1. The van der Waals surface area contributed by atoms with Gasteiger partial charge < -0.3 is 0 Å². The number of rotatable bonds is 2. The fraction of sp³-hybridized carbons (Fsp3) is 0.100. The lowest BCUT2D eigenvalue weighted by Crippen LogP contribution is -2.00. The number of hydrogen-bond donors (Lipinski definition) is 0. The van der Waals surface area contributed by atoms with E-state index in [0.29, 0.717) is 6.42 Å². The minimum Gasteiger partial charge on any atom is -0.261 e. The van der Waals surface area contributed by atoms with Gasteiger partial charge in [-0.1, -0.05) is 6.07 Å². The molecule has 0 atom stereocenters. The van der Waals surface area contributed by atoms with Crippen LogP contribution in [0.3, 0.4) is 0 Å². The van der Waals surface area contributed by atoms with E-state index in [1.54, 1.807) is 18.3 Å². The average Bonchev–Trinajstić information content (AvgIpc) is 2.25. The van der Waals surface area contributed by atoms with Crippen LogP contribution in [0.1, 0.15) is 11.4 Å². The van der Waals surface area contributed by atoms with Crippen molar-refractivity contribution in [3.63, 3.8) is 0 Å². The SMILES string of the molecule is Fc1cnc(Cl)nc1Cc1ccccn1. The molecule has 2 rings (SSSR count). The number of hydrogen-bond acceptors (Lipinski definition) is 3. The van der Waals surface area contributed by atoms with Gasteiger partial charge in [0, 0.05) is 18.3 Å². The van der Waals surface area contributed by atoms with Crippen LogP contribution in [0.2, 0.25) is 5.28 Å². The van der Waals surface area contributed by atoms with Crippen LogP contribution in [0.5, 0.6) is 0 Å². The molecule has 0 aliphatic rings. The van der Waals surface area contributed by atoms with Crippen LogP contribution >= 0.6 is 11.6 Å². The second kappa shape index (κ2) is 4.31. The molecule has 0 saturated carbocycles. The van der Waals surface area contributed by atoms with Gasteiger partial charge in [-0.2, -0.15) is 0 Å². The van der Waals surface area contributed by atoms with Crippen LogP contribution in [-0.4, -0.2) is 15.0 Å². The summed E-state index contributed by atoms with van der Waals surface area (Å²) in [7, 11) is 0. The Balaban J connectivity index is 2.28. The first-order chi connectivity index (χ1) is 7.25. The van der Waals surface area contributed by atoms with E-state index >= 15 is 0 Å². The zero-order valence-corrected chi connectivity index (χ0v) is 8.45. The Morgan fingerprint density at radius 1 is 1.27 bits per heavy atom. The average molecular weight is 224 g/mol. The Morgan fingerprint density at radius 2 is 2.13 bits per heavy atom. The van der Waals surface area contributed by atoms with Gasteiger partial charge >= 0.3 is 0 Å². The normalized spacial score (nSPS) is 10.3. The molecule has 15 heavy (non-hydrogen) atoms. The topological polar surface area (TPSA) is 38.7 Å². The smallest absolute Gasteiger partial charge is 0.222 e. The Morgan fingerprint density at radius 3 is 2.87 bits per heavy atom. The highest BCUT2D eigenvalue weighted by atomic mass is 35.5. The van der Waals surface area contributed by atoms with E-state index < -0.39 is 5.82 Å². The Bertz CT molecular complexity index is 461. The summed E-state index contributed by atoms with van der Waals surface area (Å²) in [6, 6.07) is 5.44. The molecule has 0 unspecified atom stereocenters. The van der Waals surface area contributed by atoms with Crippen molar-refractivity contribution < 1.29 is 4.39 Å². The molecule has 0 amide bonds. The van der Waals surface area contributed by atoms with Gasteiger partial charge in [-0.25, -0.2) is 14.4 Å². The van der Waals surface area contributed by atoms with Gasteiger partial charge in [-0.3, -0.25) is 4.98 Å². The fourth-order valence-electron chi connectivity index (χ4n) is 1.18. The molecular weight excluding hydrogens is 217 g/mol. The van der Waals surface area contributed by atoms with Crippen molar-refractivity contribution in [3.8, 4) is 0 Å². The predicted octanol–water partition coefficient (Wildman–Crippen LogP) is 2.25. The summed E-state index contributed by atoms with van der Waals surface area (Å²) in [6.07, 6.45) is 3.03. The third-order valence-electron chi connectivity index (χ3n) is 1.86. The van der Waals surface area contributed by atoms with E-state index in [-0.39, 0.29) is 11.0 Å². The van der Waals surface area contributed by atoms with Crippen LogP contribution in [0, 0.1) is 5.82 Å². The third kappa shape index (κ3) is 2.47. The lowest BCUT2D eigenvalue weighted by Gasteiger charge is -2.01. The van der Waals surface area contributed by atoms with Crippen molar-refractivity contribution in [2.24, 2.45) is 0 Å². The molecule has 76 valence electrons. The van der Waals surface area contributed by atoms with Gasteiger partial charge in [0.15, 0.2) is 5.82 Å². The summed E-state index contributed by atoms with van der Waals surface area (Å²) in [5.41, 5.74) is 1.000. The first kappa shape index (κ1) is 9.98. The maximum Gasteiger partial charge on any atom is 0.222 e. The fourth-order valence-corrected chi connectivity index (χ4v) is 1.33. The molecule has 3 nitrogen and oxygen atoms in total. The minimum atomic E-state index is -0.468. The molecule has 5 heteroatoms. The molecule has 0 aliphatic heterocycles. The van der Waals surface area contributed by atoms with Gasteiger partial charge in [-0.05, 0) is 23.7 Å². The van der Waals surface area contributed by atoms with E-state index in [1.165, 1.54) is 0 Å². The van der Waals surface area contributed by atoms with Crippen LogP contribution in [-0.2, 0) is 6.42 Å². The van der Waals surface area contributed by atoms with Crippen LogP contribution in [0.25, 0.3) is 0 Å². The van der Waals surface area contributed by atoms with E-state index in [9.17, 15) is 4.39 Å². The molecule has 0 aliphatic carbocycles. The monoisotopic (exact) mass is 223 g/mol.